The molecular weight excluding hydrogens is 420 g/mol. The molecule has 1 aliphatic rings. The fourth-order valence-electron chi connectivity index (χ4n) is 2.70. The van der Waals surface area contributed by atoms with Crippen LogP contribution in [-0.2, 0) is 23.9 Å². The monoisotopic (exact) mass is 440 g/mol. The fraction of sp³-hybridized carbons (Fsp3) is 0.444. The van der Waals surface area contributed by atoms with Gasteiger partial charge in [-0.2, -0.15) is 0 Å². The van der Waals surface area contributed by atoms with Crippen molar-refractivity contribution in [2.24, 2.45) is 5.92 Å². The average Bonchev–Trinajstić information content (AvgIpc) is 2.69. The van der Waals surface area contributed by atoms with E-state index in [0.29, 0.717) is 31.5 Å². The van der Waals surface area contributed by atoms with E-state index >= 15 is 0 Å². The van der Waals surface area contributed by atoms with E-state index in [-0.39, 0.29) is 24.3 Å². The van der Waals surface area contributed by atoms with Crippen LogP contribution >= 0.6 is 15.9 Å². The lowest BCUT2D eigenvalue weighted by atomic mass is 9.97. The lowest BCUT2D eigenvalue weighted by Gasteiger charge is -2.30. The van der Waals surface area contributed by atoms with Gasteiger partial charge in [-0.1, -0.05) is 22.0 Å². The minimum absolute atomic E-state index is 0.199. The molecule has 1 heterocycles. The second-order valence-corrected chi connectivity index (χ2v) is 6.95. The average molecular weight is 441 g/mol. The molecular formula is C18H21BrN2O6. The van der Waals surface area contributed by atoms with Crippen LogP contribution in [0, 0.1) is 5.92 Å². The molecule has 8 nitrogen and oxygen atoms in total. The second-order valence-electron chi connectivity index (χ2n) is 6.03. The summed E-state index contributed by atoms with van der Waals surface area (Å²) in [5.74, 6) is -1.91. The highest BCUT2D eigenvalue weighted by atomic mass is 79.9. The SMILES string of the molecule is COC(=O)C1CCN(C(=O)COC(=O)CNC(=O)c2cccc(Br)c2)CC1. The smallest absolute Gasteiger partial charge is 0.325 e. The van der Waals surface area contributed by atoms with Crippen LogP contribution in [0.15, 0.2) is 28.7 Å². The van der Waals surface area contributed by atoms with Crippen molar-refractivity contribution in [1.29, 1.82) is 0 Å². The van der Waals surface area contributed by atoms with Crippen LogP contribution < -0.4 is 5.32 Å². The molecule has 0 bridgehead atoms. The van der Waals surface area contributed by atoms with E-state index in [9.17, 15) is 19.2 Å². The Morgan fingerprint density at radius 1 is 1.22 bits per heavy atom. The van der Waals surface area contributed by atoms with Gasteiger partial charge in [0.1, 0.15) is 6.54 Å². The zero-order chi connectivity index (χ0) is 19.8. The molecule has 0 radical (unpaired) electrons. The summed E-state index contributed by atoms with van der Waals surface area (Å²) in [6, 6.07) is 6.74. The van der Waals surface area contributed by atoms with E-state index in [1.54, 1.807) is 29.2 Å². The van der Waals surface area contributed by atoms with Crippen molar-refractivity contribution in [2.75, 3.05) is 33.4 Å². The van der Waals surface area contributed by atoms with Gasteiger partial charge in [0.25, 0.3) is 11.8 Å². The summed E-state index contributed by atoms with van der Waals surface area (Å²) >= 11 is 3.27. The molecule has 146 valence electrons. The van der Waals surface area contributed by atoms with Gasteiger partial charge in [0.05, 0.1) is 13.0 Å². The Balaban J connectivity index is 1.69. The van der Waals surface area contributed by atoms with Gasteiger partial charge in [0.2, 0.25) is 0 Å². The summed E-state index contributed by atoms with van der Waals surface area (Å²) in [6.45, 7) is 0.100. The Hall–Kier alpha value is -2.42. The minimum Gasteiger partial charge on any atom is -0.469 e. The Morgan fingerprint density at radius 2 is 1.93 bits per heavy atom. The first-order valence-electron chi connectivity index (χ1n) is 8.45. The highest BCUT2D eigenvalue weighted by Gasteiger charge is 2.28. The van der Waals surface area contributed by atoms with E-state index in [1.807, 2.05) is 0 Å². The van der Waals surface area contributed by atoms with Crippen LogP contribution in [0.4, 0.5) is 0 Å². The first-order chi connectivity index (χ1) is 12.9. The van der Waals surface area contributed by atoms with E-state index < -0.39 is 18.5 Å². The van der Waals surface area contributed by atoms with E-state index in [2.05, 4.69) is 21.2 Å². The maximum absolute atomic E-state index is 12.1. The Morgan fingerprint density at radius 3 is 2.56 bits per heavy atom. The number of carbonyl (C=O) groups excluding carboxylic acids is 4. The summed E-state index contributed by atoms with van der Waals surface area (Å²) in [4.78, 5) is 48.8. The maximum Gasteiger partial charge on any atom is 0.325 e. The predicted octanol–water partition coefficient (Wildman–Crippen LogP) is 1.13. The van der Waals surface area contributed by atoms with Crippen LogP contribution in [0.2, 0.25) is 0 Å². The van der Waals surface area contributed by atoms with Gasteiger partial charge in [-0.3, -0.25) is 19.2 Å². The van der Waals surface area contributed by atoms with Crippen LogP contribution in [0.1, 0.15) is 23.2 Å². The summed E-state index contributed by atoms with van der Waals surface area (Å²) in [7, 11) is 1.34. The first-order valence-corrected chi connectivity index (χ1v) is 9.25. The van der Waals surface area contributed by atoms with E-state index in [4.69, 9.17) is 9.47 Å². The largest absolute Gasteiger partial charge is 0.469 e. The normalized spacial score (nSPS) is 14.4. The van der Waals surface area contributed by atoms with Gasteiger partial charge >= 0.3 is 11.9 Å². The third-order valence-corrected chi connectivity index (χ3v) is 4.71. The summed E-state index contributed by atoms with van der Waals surface area (Å²) in [6.07, 6.45) is 1.05. The molecule has 0 atom stereocenters. The number of amides is 2. The standard InChI is InChI=1S/C18H21BrN2O6/c1-26-18(25)12-5-7-21(8-6-12)15(22)11-27-16(23)10-20-17(24)13-3-2-4-14(19)9-13/h2-4,9,12H,5-8,10-11H2,1H3,(H,20,24). The maximum atomic E-state index is 12.1. The van der Waals surface area contributed by atoms with Crippen molar-refractivity contribution in [1.82, 2.24) is 10.2 Å². The van der Waals surface area contributed by atoms with Gasteiger partial charge in [0, 0.05) is 23.1 Å². The number of ether oxygens (including phenoxy) is 2. The number of halogens is 1. The summed E-state index contributed by atoms with van der Waals surface area (Å²) in [5, 5.41) is 2.44. The number of esters is 2. The molecule has 0 saturated carbocycles. The molecule has 27 heavy (non-hydrogen) atoms. The first kappa shape index (κ1) is 20.9. The lowest BCUT2D eigenvalue weighted by molar-refractivity contribution is -0.153. The number of methoxy groups -OCH3 is 1. The van der Waals surface area contributed by atoms with Crippen LogP contribution in [0.5, 0.6) is 0 Å². The Labute approximate surface area is 165 Å². The molecule has 0 aliphatic carbocycles. The number of piperidine rings is 1. The number of nitrogens with zero attached hydrogens (tertiary/aromatic N) is 1. The van der Waals surface area contributed by atoms with Gasteiger partial charge in [0.15, 0.2) is 6.61 Å². The molecule has 1 aromatic carbocycles. The Kier molecular flexibility index (Phi) is 7.78. The molecule has 0 unspecified atom stereocenters. The summed E-state index contributed by atoms with van der Waals surface area (Å²) < 4.78 is 10.4. The molecule has 1 aromatic rings. The molecule has 1 aliphatic heterocycles. The second kappa shape index (κ2) is 10.1. The number of benzene rings is 1. The number of rotatable bonds is 6. The summed E-state index contributed by atoms with van der Waals surface area (Å²) in [5.41, 5.74) is 0.404. The molecule has 0 spiro atoms. The van der Waals surface area contributed by atoms with Crippen molar-refractivity contribution < 1.29 is 28.7 Å². The molecule has 2 rings (SSSR count). The number of hydrogen-bond acceptors (Lipinski definition) is 6. The molecule has 0 aromatic heterocycles. The third-order valence-electron chi connectivity index (χ3n) is 4.22. The number of carbonyl (C=O) groups is 4. The Bertz CT molecular complexity index is 716. The molecule has 1 fully saturated rings. The topological polar surface area (TPSA) is 102 Å². The van der Waals surface area contributed by atoms with Gasteiger partial charge < -0.3 is 19.7 Å². The minimum atomic E-state index is -0.698. The van der Waals surface area contributed by atoms with Crippen LogP contribution in [0.25, 0.3) is 0 Å². The fourth-order valence-corrected chi connectivity index (χ4v) is 3.10. The van der Waals surface area contributed by atoms with Crippen molar-refractivity contribution in [3.8, 4) is 0 Å². The molecule has 9 heteroatoms. The number of likely N-dealkylation sites (tertiary alicyclic amines) is 1. The van der Waals surface area contributed by atoms with Gasteiger partial charge in [-0.25, -0.2) is 0 Å². The molecule has 1 saturated heterocycles. The van der Waals surface area contributed by atoms with E-state index in [1.165, 1.54) is 7.11 Å². The highest BCUT2D eigenvalue weighted by Crippen LogP contribution is 2.18. The zero-order valence-electron chi connectivity index (χ0n) is 14.9. The zero-order valence-corrected chi connectivity index (χ0v) is 16.5. The lowest BCUT2D eigenvalue weighted by Crippen LogP contribution is -2.42. The quantitative estimate of drug-likeness (QED) is 0.665. The predicted molar refractivity (Wildman–Crippen MR) is 98.8 cm³/mol. The van der Waals surface area contributed by atoms with Gasteiger partial charge in [-0.15, -0.1) is 0 Å². The molecule has 1 N–H and O–H groups in total. The van der Waals surface area contributed by atoms with Crippen molar-refractivity contribution >= 4 is 39.7 Å². The number of hydrogen-bond donors (Lipinski definition) is 1. The highest BCUT2D eigenvalue weighted by molar-refractivity contribution is 9.10. The molecule has 2 amide bonds. The third kappa shape index (κ3) is 6.35. The van der Waals surface area contributed by atoms with Crippen molar-refractivity contribution in [3.05, 3.63) is 34.3 Å². The number of nitrogens with one attached hydrogen (secondary N) is 1. The van der Waals surface area contributed by atoms with Crippen molar-refractivity contribution in [3.63, 3.8) is 0 Å². The van der Waals surface area contributed by atoms with Crippen LogP contribution in [-0.4, -0.2) is 62.0 Å². The van der Waals surface area contributed by atoms with Crippen molar-refractivity contribution in [2.45, 2.75) is 12.8 Å². The van der Waals surface area contributed by atoms with Crippen LogP contribution in [0.3, 0.4) is 0 Å². The van der Waals surface area contributed by atoms with E-state index in [0.717, 1.165) is 4.47 Å². The van der Waals surface area contributed by atoms with Gasteiger partial charge in [-0.05, 0) is 31.0 Å².